The van der Waals surface area contributed by atoms with E-state index in [9.17, 15) is 14.4 Å². The number of Topliss-reactive ketones (excluding diaryl/α,β-unsaturated/α-hetero) is 1. The Balaban J connectivity index is 1.83. The molecule has 5 heteroatoms. The predicted molar refractivity (Wildman–Crippen MR) is 104 cm³/mol. The molecule has 1 saturated heterocycles. The molecule has 1 aliphatic rings. The van der Waals surface area contributed by atoms with Crippen molar-refractivity contribution >= 4 is 17.7 Å². The molecule has 0 saturated carbocycles. The third kappa shape index (κ3) is 7.53. The summed E-state index contributed by atoms with van der Waals surface area (Å²) in [7, 11) is 1.39. The molecule has 1 heterocycles. The molecule has 148 valence electrons. The first-order valence-corrected chi connectivity index (χ1v) is 10.0. The zero-order valence-corrected chi connectivity index (χ0v) is 16.3. The molecule has 0 aromatic heterocycles. The summed E-state index contributed by atoms with van der Waals surface area (Å²) in [6.07, 6.45) is 7.09. The molecule has 2 rings (SSSR count). The average molecular weight is 373 g/mol. The van der Waals surface area contributed by atoms with Crippen LogP contribution in [0.3, 0.4) is 0 Å². The lowest BCUT2D eigenvalue weighted by molar-refractivity contribution is -0.140. The fourth-order valence-electron chi connectivity index (χ4n) is 3.66. The average Bonchev–Trinajstić information content (AvgIpc) is 2.85. The quantitative estimate of drug-likeness (QED) is 0.463. The number of hydrogen-bond acceptors (Lipinski definition) is 4. The first kappa shape index (κ1) is 21.1. The van der Waals surface area contributed by atoms with Crippen LogP contribution in [0.2, 0.25) is 0 Å². The number of carbonyl (C=O) groups excluding carboxylic acids is 3. The molecule has 5 nitrogen and oxygen atoms in total. The fraction of sp³-hybridized carbons (Fsp3) is 0.591. The van der Waals surface area contributed by atoms with Crippen molar-refractivity contribution in [2.24, 2.45) is 0 Å². The van der Waals surface area contributed by atoms with Crippen LogP contribution in [0.5, 0.6) is 0 Å². The van der Waals surface area contributed by atoms with E-state index >= 15 is 0 Å². The third-order valence-electron chi connectivity index (χ3n) is 5.20. The van der Waals surface area contributed by atoms with E-state index in [0.29, 0.717) is 32.2 Å². The summed E-state index contributed by atoms with van der Waals surface area (Å²) in [5, 5.41) is 0. The van der Waals surface area contributed by atoms with Crippen LogP contribution in [0.15, 0.2) is 30.3 Å². The van der Waals surface area contributed by atoms with E-state index in [1.807, 2.05) is 35.2 Å². The lowest BCUT2D eigenvalue weighted by Crippen LogP contribution is -2.40. The zero-order chi connectivity index (χ0) is 19.5. The number of hydrogen-bond donors (Lipinski definition) is 0. The molecular formula is C22H31NO4. The van der Waals surface area contributed by atoms with Crippen molar-refractivity contribution in [3.8, 4) is 0 Å². The van der Waals surface area contributed by atoms with E-state index < -0.39 is 0 Å². The van der Waals surface area contributed by atoms with Crippen molar-refractivity contribution in [3.05, 3.63) is 35.9 Å². The normalized spacial score (nSPS) is 17.4. The van der Waals surface area contributed by atoms with Crippen molar-refractivity contribution in [1.29, 1.82) is 0 Å². The van der Waals surface area contributed by atoms with E-state index in [-0.39, 0.29) is 23.7 Å². The van der Waals surface area contributed by atoms with E-state index in [2.05, 4.69) is 4.74 Å². The van der Waals surface area contributed by atoms with Gasteiger partial charge in [0, 0.05) is 38.3 Å². The largest absolute Gasteiger partial charge is 0.469 e. The number of esters is 1. The Morgan fingerprint density at radius 1 is 1.11 bits per heavy atom. The third-order valence-corrected chi connectivity index (χ3v) is 5.20. The number of benzene rings is 1. The molecule has 0 aliphatic carbocycles. The van der Waals surface area contributed by atoms with Gasteiger partial charge < -0.3 is 9.64 Å². The van der Waals surface area contributed by atoms with Gasteiger partial charge in [-0.25, -0.2) is 0 Å². The molecule has 0 bridgehead atoms. The lowest BCUT2D eigenvalue weighted by Gasteiger charge is -2.30. The number of ether oxygens (including phenoxy) is 1. The lowest BCUT2D eigenvalue weighted by atomic mass is 9.99. The Labute approximate surface area is 162 Å². The number of carbonyl (C=O) groups is 3. The number of ketones is 1. The maximum absolute atomic E-state index is 12.5. The number of nitrogens with zero attached hydrogens (tertiary/aromatic N) is 1. The molecule has 1 amide bonds. The first-order chi connectivity index (χ1) is 13.1. The molecule has 1 aromatic carbocycles. The Hall–Kier alpha value is -2.17. The van der Waals surface area contributed by atoms with E-state index in [0.717, 1.165) is 44.1 Å². The van der Waals surface area contributed by atoms with Gasteiger partial charge in [0.05, 0.1) is 7.11 Å². The number of rotatable bonds is 10. The monoisotopic (exact) mass is 373 g/mol. The summed E-state index contributed by atoms with van der Waals surface area (Å²) < 4.78 is 4.66. The van der Waals surface area contributed by atoms with Gasteiger partial charge in [0.2, 0.25) is 5.91 Å². The summed E-state index contributed by atoms with van der Waals surface area (Å²) in [4.78, 5) is 38.0. The standard InChI is InChI=1S/C22H31NO4/c1-27-22(26)13-7-8-16-23-19(11-5-6-12-21(23)25)14-15-20(24)17-18-9-3-2-4-10-18/h2-4,9-10,19H,5-8,11-17H2,1H3. The minimum atomic E-state index is -0.208. The number of likely N-dealkylation sites (tertiary alicyclic amines) is 1. The minimum Gasteiger partial charge on any atom is -0.469 e. The SMILES string of the molecule is COC(=O)CCCCN1C(=O)CCCCC1CCC(=O)Cc1ccccc1. The highest BCUT2D eigenvalue weighted by atomic mass is 16.5. The van der Waals surface area contributed by atoms with Crippen LogP contribution in [0.4, 0.5) is 0 Å². The maximum Gasteiger partial charge on any atom is 0.305 e. The summed E-state index contributed by atoms with van der Waals surface area (Å²) in [6, 6.07) is 9.92. The Morgan fingerprint density at radius 2 is 1.89 bits per heavy atom. The molecule has 0 radical (unpaired) electrons. The summed E-state index contributed by atoms with van der Waals surface area (Å²) in [5.74, 6) is 0.204. The van der Waals surface area contributed by atoms with Crippen LogP contribution in [0, 0.1) is 0 Å². The van der Waals surface area contributed by atoms with Gasteiger partial charge in [0.25, 0.3) is 0 Å². The molecule has 1 unspecified atom stereocenters. The molecule has 1 aliphatic heterocycles. The second kappa shape index (κ2) is 11.5. The van der Waals surface area contributed by atoms with Crippen molar-refractivity contribution in [2.45, 2.75) is 70.3 Å². The number of methoxy groups -OCH3 is 1. The molecule has 27 heavy (non-hydrogen) atoms. The summed E-state index contributed by atoms with van der Waals surface area (Å²) >= 11 is 0. The van der Waals surface area contributed by atoms with Gasteiger partial charge in [0.15, 0.2) is 0 Å². The van der Waals surface area contributed by atoms with Gasteiger partial charge in [-0.2, -0.15) is 0 Å². The van der Waals surface area contributed by atoms with Crippen LogP contribution in [0.25, 0.3) is 0 Å². The van der Waals surface area contributed by atoms with Crippen molar-refractivity contribution in [3.63, 3.8) is 0 Å². The van der Waals surface area contributed by atoms with Crippen molar-refractivity contribution in [1.82, 2.24) is 4.90 Å². The highest BCUT2D eigenvalue weighted by Gasteiger charge is 2.26. The second-order valence-electron chi connectivity index (χ2n) is 7.26. The van der Waals surface area contributed by atoms with Crippen LogP contribution in [-0.4, -0.2) is 42.3 Å². The fourth-order valence-corrected chi connectivity index (χ4v) is 3.66. The highest BCUT2D eigenvalue weighted by molar-refractivity contribution is 5.81. The van der Waals surface area contributed by atoms with Gasteiger partial charge in [-0.05, 0) is 37.7 Å². The highest BCUT2D eigenvalue weighted by Crippen LogP contribution is 2.22. The van der Waals surface area contributed by atoms with Crippen LogP contribution in [0.1, 0.15) is 63.4 Å². The van der Waals surface area contributed by atoms with Gasteiger partial charge in [-0.15, -0.1) is 0 Å². The topological polar surface area (TPSA) is 63.7 Å². The minimum absolute atomic E-state index is 0.137. The Bertz CT molecular complexity index is 614. The number of unbranched alkanes of at least 4 members (excludes halogenated alkanes) is 1. The maximum atomic E-state index is 12.5. The molecule has 1 atom stereocenters. The van der Waals surface area contributed by atoms with E-state index in [4.69, 9.17) is 0 Å². The molecule has 0 N–H and O–H groups in total. The van der Waals surface area contributed by atoms with Crippen LogP contribution < -0.4 is 0 Å². The smallest absolute Gasteiger partial charge is 0.305 e. The van der Waals surface area contributed by atoms with Gasteiger partial charge in [-0.3, -0.25) is 14.4 Å². The number of amides is 1. The molecule has 0 spiro atoms. The van der Waals surface area contributed by atoms with Gasteiger partial charge >= 0.3 is 5.97 Å². The van der Waals surface area contributed by atoms with Gasteiger partial charge in [-0.1, -0.05) is 36.8 Å². The summed E-state index contributed by atoms with van der Waals surface area (Å²) in [6.45, 7) is 0.660. The van der Waals surface area contributed by atoms with Crippen LogP contribution >= 0.6 is 0 Å². The molecule has 1 aromatic rings. The van der Waals surface area contributed by atoms with Crippen molar-refractivity contribution < 1.29 is 19.1 Å². The predicted octanol–water partition coefficient (Wildman–Crippen LogP) is 3.69. The van der Waals surface area contributed by atoms with E-state index in [1.165, 1.54) is 7.11 Å². The Morgan fingerprint density at radius 3 is 2.63 bits per heavy atom. The van der Waals surface area contributed by atoms with E-state index in [1.54, 1.807) is 0 Å². The second-order valence-corrected chi connectivity index (χ2v) is 7.26. The Kier molecular flexibility index (Phi) is 9.02. The van der Waals surface area contributed by atoms with Gasteiger partial charge in [0.1, 0.15) is 5.78 Å². The van der Waals surface area contributed by atoms with Crippen LogP contribution in [-0.2, 0) is 25.5 Å². The molecule has 1 fully saturated rings. The zero-order valence-electron chi connectivity index (χ0n) is 16.3. The van der Waals surface area contributed by atoms with Crippen molar-refractivity contribution in [2.75, 3.05) is 13.7 Å². The first-order valence-electron chi connectivity index (χ1n) is 10.0. The molecular weight excluding hydrogens is 342 g/mol. The summed E-state index contributed by atoms with van der Waals surface area (Å²) in [5.41, 5.74) is 1.04.